The van der Waals surface area contributed by atoms with E-state index in [1.807, 2.05) is 0 Å². The molecule has 13 heteroatoms. The topological polar surface area (TPSA) is 157 Å². The molecule has 1 N–H and O–H groups in total. The van der Waals surface area contributed by atoms with E-state index in [4.69, 9.17) is 23.7 Å². The van der Waals surface area contributed by atoms with Crippen LogP contribution in [0.25, 0.3) is 0 Å². The van der Waals surface area contributed by atoms with Crippen LogP contribution in [-0.4, -0.2) is 76.4 Å². The van der Waals surface area contributed by atoms with E-state index in [1.165, 1.54) is 58.1 Å². The van der Waals surface area contributed by atoms with Gasteiger partial charge in [0.25, 0.3) is 0 Å². The molecule has 1 aromatic heterocycles. The van der Waals surface area contributed by atoms with E-state index in [2.05, 4.69) is 22.6 Å². The lowest BCUT2D eigenvalue weighted by molar-refractivity contribution is -0.239. The second-order valence-corrected chi connectivity index (χ2v) is 9.25. The first-order chi connectivity index (χ1) is 18.1. The molecule has 0 aliphatic carbocycles. The van der Waals surface area contributed by atoms with Gasteiger partial charge in [0.2, 0.25) is 5.91 Å². The molecule has 5 atom stereocenters. The van der Waals surface area contributed by atoms with Gasteiger partial charge in [0.1, 0.15) is 24.4 Å². The van der Waals surface area contributed by atoms with Crippen molar-refractivity contribution < 1.29 is 42.9 Å². The highest BCUT2D eigenvalue weighted by Gasteiger charge is 2.51. The second kappa shape index (κ2) is 16.0. The average Bonchev–Trinajstić information content (AvgIpc) is 3.30. The van der Waals surface area contributed by atoms with Crippen LogP contribution in [0.15, 0.2) is 6.20 Å². The summed E-state index contributed by atoms with van der Waals surface area (Å²) in [5.41, 5.74) is 0.531. The molecule has 0 saturated carbocycles. The van der Waals surface area contributed by atoms with Crippen molar-refractivity contribution in [1.29, 1.82) is 0 Å². The number of amides is 1. The van der Waals surface area contributed by atoms with Gasteiger partial charge in [-0.05, 0) is 6.42 Å². The molecule has 214 valence electrons. The molecule has 1 aliphatic heterocycles. The van der Waals surface area contributed by atoms with E-state index in [0.29, 0.717) is 12.3 Å². The highest BCUT2D eigenvalue weighted by atomic mass is 16.6. The van der Waals surface area contributed by atoms with E-state index in [9.17, 15) is 19.2 Å². The number of ether oxygens (including phenoxy) is 5. The monoisotopic (exact) mass is 540 g/mol. The van der Waals surface area contributed by atoms with Gasteiger partial charge in [0.15, 0.2) is 18.4 Å². The Morgan fingerprint density at radius 3 is 2.24 bits per heavy atom. The first-order valence-electron chi connectivity index (χ1n) is 13.0. The molecule has 0 unspecified atom stereocenters. The maximum Gasteiger partial charge on any atom is 0.303 e. The summed E-state index contributed by atoms with van der Waals surface area (Å²) in [6.45, 7) is 7.59. The summed E-state index contributed by atoms with van der Waals surface area (Å²) in [7, 11) is 0. The summed E-state index contributed by atoms with van der Waals surface area (Å²) in [6.07, 6.45) is 4.11. The van der Waals surface area contributed by atoms with Gasteiger partial charge in [-0.1, -0.05) is 44.2 Å². The van der Waals surface area contributed by atoms with Gasteiger partial charge < -0.3 is 29.0 Å². The van der Waals surface area contributed by atoms with Crippen LogP contribution in [0.3, 0.4) is 0 Å². The largest absolute Gasteiger partial charge is 0.463 e. The smallest absolute Gasteiger partial charge is 0.303 e. The molecule has 0 radical (unpaired) electrons. The van der Waals surface area contributed by atoms with Crippen molar-refractivity contribution >= 4 is 23.8 Å². The summed E-state index contributed by atoms with van der Waals surface area (Å²) in [6, 6.07) is -1.01. The lowest BCUT2D eigenvalue weighted by Gasteiger charge is -2.45. The third-order valence-corrected chi connectivity index (χ3v) is 5.80. The number of carbonyl (C=O) groups is 4. The molecule has 1 saturated heterocycles. The zero-order valence-electron chi connectivity index (χ0n) is 22.8. The number of aromatic nitrogens is 3. The number of nitrogens with zero attached hydrogens (tertiary/aromatic N) is 3. The lowest BCUT2D eigenvalue weighted by Crippen LogP contribution is -2.64. The lowest BCUT2D eigenvalue weighted by atomic mass is 9.95. The van der Waals surface area contributed by atoms with Crippen molar-refractivity contribution in [3.8, 4) is 0 Å². The third kappa shape index (κ3) is 10.4. The molecule has 0 bridgehead atoms. The van der Waals surface area contributed by atoms with Crippen LogP contribution in [0.4, 0.5) is 0 Å². The fourth-order valence-corrected chi connectivity index (χ4v) is 4.20. The number of nitrogens with one attached hydrogen (secondary N) is 1. The summed E-state index contributed by atoms with van der Waals surface area (Å²) < 4.78 is 29.2. The predicted molar refractivity (Wildman–Crippen MR) is 132 cm³/mol. The van der Waals surface area contributed by atoms with Crippen molar-refractivity contribution in [3.63, 3.8) is 0 Å². The first-order valence-corrected chi connectivity index (χ1v) is 13.0. The Labute approximate surface area is 222 Å². The Hall–Kier alpha value is -3.06. The maximum atomic E-state index is 12.1. The van der Waals surface area contributed by atoms with E-state index < -0.39 is 54.4 Å². The molecule has 2 heterocycles. The van der Waals surface area contributed by atoms with Gasteiger partial charge in [0, 0.05) is 34.3 Å². The van der Waals surface area contributed by atoms with E-state index in [0.717, 1.165) is 12.8 Å². The number of unbranched alkanes of at least 4 members (excludes halogenated alkanes) is 5. The Balaban J connectivity index is 2.21. The zero-order chi connectivity index (χ0) is 28.1. The van der Waals surface area contributed by atoms with Crippen LogP contribution in [0.1, 0.15) is 85.1 Å². The Morgan fingerprint density at radius 2 is 1.61 bits per heavy atom. The molecule has 1 aromatic rings. The van der Waals surface area contributed by atoms with E-state index in [1.54, 1.807) is 6.20 Å². The molecular formula is C25H40N4O9. The number of esters is 3. The van der Waals surface area contributed by atoms with Crippen molar-refractivity contribution in [3.05, 3.63) is 11.9 Å². The Bertz CT molecular complexity index is 922. The van der Waals surface area contributed by atoms with Gasteiger partial charge >= 0.3 is 17.9 Å². The molecule has 38 heavy (non-hydrogen) atoms. The number of carbonyl (C=O) groups excluding carboxylic acids is 4. The molecule has 1 amide bonds. The van der Waals surface area contributed by atoms with Gasteiger partial charge in [0.05, 0.1) is 12.8 Å². The summed E-state index contributed by atoms with van der Waals surface area (Å²) in [5.74, 6) is -2.36. The minimum absolute atomic E-state index is 0.229. The molecule has 0 aromatic carbocycles. The highest BCUT2D eigenvalue weighted by Crippen LogP contribution is 2.32. The van der Waals surface area contributed by atoms with Gasteiger partial charge in [-0.3, -0.25) is 19.2 Å². The fraction of sp³-hybridized carbons (Fsp3) is 0.760. The quantitative estimate of drug-likeness (QED) is 0.197. The fourth-order valence-electron chi connectivity index (χ4n) is 4.20. The molecule has 13 nitrogen and oxygen atoms in total. The van der Waals surface area contributed by atoms with E-state index >= 15 is 0 Å². The summed E-state index contributed by atoms with van der Waals surface area (Å²) in [5, 5.41) is 11.0. The molecular weight excluding hydrogens is 500 g/mol. The van der Waals surface area contributed by atoms with Crippen LogP contribution in [0.5, 0.6) is 0 Å². The minimum Gasteiger partial charge on any atom is -0.463 e. The molecule has 1 fully saturated rings. The van der Waals surface area contributed by atoms with E-state index in [-0.39, 0.29) is 13.2 Å². The van der Waals surface area contributed by atoms with Crippen molar-refractivity contribution in [2.75, 3.05) is 13.2 Å². The number of hydrogen-bond acceptors (Lipinski definition) is 11. The van der Waals surface area contributed by atoms with Crippen LogP contribution in [-0.2, 0) is 49.5 Å². The number of hydrogen-bond donors (Lipinski definition) is 1. The highest BCUT2D eigenvalue weighted by molar-refractivity contribution is 5.73. The third-order valence-electron chi connectivity index (χ3n) is 5.80. The van der Waals surface area contributed by atoms with Crippen LogP contribution >= 0.6 is 0 Å². The second-order valence-electron chi connectivity index (χ2n) is 9.25. The average molecular weight is 541 g/mol. The van der Waals surface area contributed by atoms with Crippen LogP contribution < -0.4 is 5.32 Å². The van der Waals surface area contributed by atoms with Gasteiger partial charge in [-0.25, -0.2) is 4.68 Å². The zero-order valence-corrected chi connectivity index (χ0v) is 22.8. The molecule has 2 rings (SSSR count). The Morgan fingerprint density at radius 1 is 0.947 bits per heavy atom. The van der Waals surface area contributed by atoms with Crippen LogP contribution in [0.2, 0.25) is 0 Å². The summed E-state index contributed by atoms with van der Waals surface area (Å²) in [4.78, 5) is 47.4. The Kier molecular flexibility index (Phi) is 13.1. The molecule has 0 spiro atoms. The van der Waals surface area contributed by atoms with Crippen LogP contribution in [0, 0.1) is 0 Å². The molecule has 1 aliphatic rings. The van der Waals surface area contributed by atoms with Gasteiger partial charge in [-0.15, -0.1) is 5.10 Å². The van der Waals surface area contributed by atoms with Crippen molar-refractivity contribution in [2.24, 2.45) is 0 Å². The number of rotatable bonds is 15. The standard InChI is InChI=1S/C25H40N4O9/c1-6-7-8-9-10-11-12-34-14-20-13-29(28-27-20)25-22(26-16(2)30)24(37-19(5)33)23(36-18(4)32)21(38-25)15-35-17(3)31/h13,21-25H,6-12,14-15H2,1-5H3,(H,26,30)/t21-,22-,23-,24-,25-/m1/s1. The summed E-state index contributed by atoms with van der Waals surface area (Å²) >= 11 is 0. The SMILES string of the molecule is CCCCCCCCOCc1cn([C@@H]2O[C@H](COC(C)=O)[C@@H](OC(C)=O)[C@H](OC(C)=O)[C@H]2NC(C)=O)nn1. The van der Waals surface area contributed by atoms with Crippen molar-refractivity contribution in [1.82, 2.24) is 20.3 Å². The van der Waals surface area contributed by atoms with Gasteiger partial charge in [-0.2, -0.15) is 0 Å². The maximum absolute atomic E-state index is 12.1. The normalized spacial score (nSPS) is 22.9. The van der Waals surface area contributed by atoms with Crippen molar-refractivity contribution in [2.45, 2.75) is 110 Å². The minimum atomic E-state index is -1.17. The first kappa shape index (κ1) is 31.2. The predicted octanol–water partition coefficient (Wildman–Crippen LogP) is 1.98.